The highest BCUT2D eigenvalue weighted by Crippen LogP contribution is 2.41. The molecule has 1 aromatic carbocycles. The van der Waals surface area contributed by atoms with Crippen molar-refractivity contribution < 1.29 is 15.3 Å². The fourth-order valence-corrected chi connectivity index (χ4v) is 2.26. The van der Waals surface area contributed by atoms with E-state index >= 15 is 0 Å². The quantitative estimate of drug-likeness (QED) is 0.472. The third-order valence-corrected chi connectivity index (χ3v) is 3.33. The summed E-state index contributed by atoms with van der Waals surface area (Å²) in [6.07, 6.45) is 2.60. The lowest BCUT2D eigenvalue weighted by Gasteiger charge is -2.14. The highest BCUT2D eigenvalue weighted by atomic mass is 35.5. The van der Waals surface area contributed by atoms with Gasteiger partial charge < -0.3 is 20.6 Å². The second kappa shape index (κ2) is 4.39. The summed E-state index contributed by atoms with van der Waals surface area (Å²) in [7, 11) is 0. The minimum absolute atomic E-state index is 0.115. The second-order valence-corrected chi connectivity index (χ2v) is 4.43. The zero-order chi connectivity index (χ0) is 11.7. The molecule has 1 saturated heterocycles. The number of nitrogens with one attached hydrogen (secondary N) is 1. The highest BCUT2D eigenvalue weighted by Gasteiger charge is 2.21. The van der Waals surface area contributed by atoms with E-state index in [4.69, 9.17) is 11.6 Å². The summed E-state index contributed by atoms with van der Waals surface area (Å²) >= 11 is 5.90. The van der Waals surface area contributed by atoms with Crippen LogP contribution in [-0.4, -0.2) is 27.9 Å². The smallest absolute Gasteiger partial charge is 0.162 e. The van der Waals surface area contributed by atoms with Gasteiger partial charge in [0, 0.05) is 17.7 Å². The van der Waals surface area contributed by atoms with Crippen LogP contribution in [0.2, 0.25) is 5.02 Å². The van der Waals surface area contributed by atoms with Crippen LogP contribution >= 0.6 is 11.6 Å². The van der Waals surface area contributed by atoms with Crippen molar-refractivity contribution in [2.24, 2.45) is 0 Å². The molecule has 0 bridgehead atoms. The van der Waals surface area contributed by atoms with Crippen LogP contribution in [0.3, 0.4) is 0 Å². The van der Waals surface area contributed by atoms with Crippen molar-refractivity contribution >= 4 is 11.6 Å². The lowest BCUT2D eigenvalue weighted by molar-refractivity contribution is 0.389. The molecule has 1 aliphatic heterocycles. The number of hydrogen-bond acceptors (Lipinski definition) is 4. The molecule has 0 amide bonds. The van der Waals surface area contributed by atoms with Crippen LogP contribution in [0.15, 0.2) is 6.07 Å². The summed E-state index contributed by atoms with van der Waals surface area (Å²) < 4.78 is 0. The van der Waals surface area contributed by atoms with Crippen LogP contribution in [0.25, 0.3) is 0 Å². The maximum absolute atomic E-state index is 9.69. The monoisotopic (exact) mass is 243 g/mol. The topological polar surface area (TPSA) is 72.7 Å². The van der Waals surface area contributed by atoms with Gasteiger partial charge in [0.1, 0.15) is 5.75 Å². The van der Waals surface area contributed by atoms with Gasteiger partial charge in [0.15, 0.2) is 11.5 Å². The number of halogens is 1. The van der Waals surface area contributed by atoms with Gasteiger partial charge in [-0.1, -0.05) is 11.6 Å². The number of phenolic OH excluding ortho intramolecular Hbond substituents is 3. The predicted octanol–water partition coefficient (Wildman–Crippen LogP) is 1.75. The Balaban J connectivity index is 2.31. The standard InChI is InChI=1S/C11H14ClNO3/c12-10-7(4-6-2-1-3-13-6)11(16)9(15)5-8(10)14/h5-6,13-16H,1-4H2. The lowest BCUT2D eigenvalue weighted by Crippen LogP contribution is -2.23. The van der Waals surface area contributed by atoms with Gasteiger partial charge in [-0.05, 0) is 25.8 Å². The van der Waals surface area contributed by atoms with E-state index in [0.717, 1.165) is 25.5 Å². The van der Waals surface area contributed by atoms with E-state index < -0.39 is 0 Å². The van der Waals surface area contributed by atoms with E-state index in [1.807, 2.05) is 0 Å². The normalized spacial score (nSPS) is 20.2. The molecule has 0 saturated carbocycles. The molecular formula is C11H14ClNO3. The van der Waals surface area contributed by atoms with Gasteiger partial charge in [0.05, 0.1) is 5.02 Å². The Morgan fingerprint density at radius 1 is 1.31 bits per heavy atom. The number of benzene rings is 1. The summed E-state index contributed by atoms with van der Waals surface area (Å²) in [4.78, 5) is 0. The van der Waals surface area contributed by atoms with Crippen molar-refractivity contribution in [1.29, 1.82) is 0 Å². The van der Waals surface area contributed by atoms with Crippen molar-refractivity contribution in [1.82, 2.24) is 5.32 Å². The van der Waals surface area contributed by atoms with Gasteiger partial charge in [0.2, 0.25) is 0 Å². The molecule has 0 aromatic heterocycles. The summed E-state index contributed by atoms with van der Waals surface area (Å²) in [6.45, 7) is 0.952. The third-order valence-electron chi connectivity index (χ3n) is 2.90. The van der Waals surface area contributed by atoms with Gasteiger partial charge in [-0.3, -0.25) is 0 Å². The van der Waals surface area contributed by atoms with E-state index in [2.05, 4.69) is 5.32 Å². The Kier molecular flexibility index (Phi) is 3.12. The van der Waals surface area contributed by atoms with Crippen molar-refractivity contribution in [2.45, 2.75) is 25.3 Å². The Bertz CT molecular complexity index is 376. The fraction of sp³-hybridized carbons (Fsp3) is 0.455. The zero-order valence-corrected chi connectivity index (χ0v) is 9.46. The maximum atomic E-state index is 9.69. The van der Waals surface area contributed by atoms with Gasteiger partial charge in [-0.2, -0.15) is 0 Å². The van der Waals surface area contributed by atoms with E-state index in [1.54, 1.807) is 0 Å². The summed E-state index contributed by atoms with van der Waals surface area (Å²) in [5.41, 5.74) is 0.401. The average molecular weight is 244 g/mol. The molecule has 1 atom stereocenters. The lowest BCUT2D eigenvalue weighted by atomic mass is 10.0. The van der Waals surface area contributed by atoms with Crippen molar-refractivity contribution in [3.05, 3.63) is 16.7 Å². The second-order valence-electron chi connectivity index (χ2n) is 4.05. The van der Waals surface area contributed by atoms with Gasteiger partial charge in [0.25, 0.3) is 0 Å². The first-order valence-corrected chi connectivity index (χ1v) is 5.63. The zero-order valence-electron chi connectivity index (χ0n) is 8.70. The molecule has 16 heavy (non-hydrogen) atoms. The Labute approximate surface area is 98.5 Å². The minimum Gasteiger partial charge on any atom is -0.506 e. The molecular weight excluding hydrogens is 230 g/mol. The first-order valence-electron chi connectivity index (χ1n) is 5.25. The van der Waals surface area contributed by atoms with Gasteiger partial charge in [-0.15, -0.1) is 0 Å². The maximum Gasteiger partial charge on any atom is 0.162 e. The molecule has 0 aliphatic carbocycles. The Morgan fingerprint density at radius 2 is 2.06 bits per heavy atom. The molecule has 0 radical (unpaired) electrons. The number of phenols is 3. The van der Waals surface area contributed by atoms with Gasteiger partial charge >= 0.3 is 0 Å². The SMILES string of the molecule is Oc1cc(O)c(Cl)c(CC2CCCN2)c1O. The Morgan fingerprint density at radius 3 is 2.69 bits per heavy atom. The number of rotatable bonds is 2. The van der Waals surface area contributed by atoms with Crippen LogP contribution < -0.4 is 5.32 Å². The third kappa shape index (κ3) is 2.03. The molecule has 1 aliphatic rings. The fourth-order valence-electron chi connectivity index (χ4n) is 2.04. The van der Waals surface area contributed by atoms with Crippen LogP contribution in [-0.2, 0) is 6.42 Å². The van der Waals surface area contributed by atoms with Gasteiger partial charge in [-0.25, -0.2) is 0 Å². The molecule has 1 heterocycles. The van der Waals surface area contributed by atoms with E-state index in [0.29, 0.717) is 12.0 Å². The van der Waals surface area contributed by atoms with E-state index in [-0.39, 0.29) is 28.3 Å². The predicted molar refractivity (Wildman–Crippen MR) is 61.2 cm³/mol. The highest BCUT2D eigenvalue weighted by molar-refractivity contribution is 6.33. The molecule has 5 heteroatoms. The van der Waals surface area contributed by atoms with Crippen LogP contribution in [0.5, 0.6) is 17.2 Å². The average Bonchev–Trinajstić information content (AvgIpc) is 2.74. The molecule has 4 nitrogen and oxygen atoms in total. The van der Waals surface area contributed by atoms with Crippen molar-refractivity contribution in [2.75, 3.05) is 6.54 Å². The molecule has 1 unspecified atom stereocenters. The summed E-state index contributed by atoms with van der Waals surface area (Å²) in [6, 6.07) is 1.29. The molecule has 0 spiro atoms. The summed E-state index contributed by atoms with van der Waals surface area (Å²) in [5.74, 6) is -0.781. The molecule has 88 valence electrons. The number of hydrogen-bond donors (Lipinski definition) is 4. The summed E-state index contributed by atoms with van der Waals surface area (Å²) in [5, 5.41) is 31.9. The largest absolute Gasteiger partial charge is 0.506 e. The van der Waals surface area contributed by atoms with Crippen LogP contribution in [0.4, 0.5) is 0 Å². The van der Waals surface area contributed by atoms with Crippen molar-refractivity contribution in [3.8, 4) is 17.2 Å². The number of aromatic hydroxyl groups is 3. The molecule has 1 aromatic rings. The Hall–Kier alpha value is -1.13. The van der Waals surface area contributed by atoms with Crippen LogP contribution in [0.1, 0.15) is 18.4 Å². The molecule has 2 rings (SSSR count). The van der Waals surface area contributed by atoms with E-state index in [9.17, 15) is 15.3 Å². The van der Waals surface area contributed by atoms with Crippen molar-refractivity contribution in [3.63, 3.8) is 0 Å². The first-order chi connectivity index (χ1) is 7.59. The minimum atomic E-state index is -0.338. The van der Waals surface area contributed by atoms with Crippen LogP contribution in [0, 0.1) is 0 Å². The molecule has 4 N–H and O–H groups in total. The van der Waals surface area contributed by atoms with E-state index in [1.165, 1.54) is 0 Å². The molecule has 1 fully saturated rings. The first kappa shape index (κ1) is 11.4.